The van der Waals surface area contributed by atoms with E-state index in [9.17, 15) is 4.79 Å². The number of aromatic nitrogens is 2. The van der Waals surface area contributed by atoms with E-state index in [1.165, 1.54) is 6.20 Å². The van der Waals surface area contributed by atoms with Crippen LogP contribution in [0.25, 0.3) is 5.69 Å². The lowest BCUT2D eigenvalue weighted by molar-refractivity contribution is 0.0706. The maximum Gasteiger partial charge on any atom is 0.277 e. The van der Waals surface area contributed by atoms with Crippen molar-refractivity contribution in [1.82, 2.24) is 15.3 Å². The first-order valence-corrected chi connectivity index (χ1v) is 4.36. The predicted octanol–water partition coefficient (Wildman–Crippen LogP) is 0.991. The number of hydrogen-bond acceptors (Lipinski definition) is 3. The second-order valence-corrected chi connectivity index (χ2v) is 2.95. The number of para-hydroxylation sites is 1. The monoisotopic (exact) mass is 203 g/mol. The van der Waals surface area contributed by atoms with Crippen LogP contribution in [0.5, 0.6) is 0 Å². The van der Waals surface area contributed by atoms with Crippen LogP contribution in [0.3, 0.4) is 0 Å². The van der Waals surface area contributed by atoms with E-state index in [0.717, 1.165) is 5.69 Å². The second kappa shape index (κ2) is 3.93. The molecule has 1 aromatic heterocycles. The lowest BCUT2D eigenvalue weighted by Gasteiger charge is -1.98. The molecule has 0 radical (unpaired) electrons. The van der Waals surface area contributed by atoms with Gasteiger partial charge in [-0.05, 0) is 12.1 Å². The Bertz CT molecular complexity index is 465. The number of hydroxylamine groups is 1. The Balaban J connectivity index is 2.32. The van der Waals surface area contributed by atoms with Gasteiger partial charge in [-0.15, -0.1) is 0 Å². The van der Waals surface area contributed by atoms with Crippen LogP contribution in [0, 0.1) is 0 Å². The molecule has 2 N–H and O–H groups in total. The van der Waals surface area contributed by atoms with Crippen LogP contribution in [0.2, 0.25) is 0 Å². The molecule has 0 atom stereocenters. The summed E-state index contributed by atoms with van der Waals surface area (Å²) in [6.45, 7) is 0. The van der Waals surface area contributed by atoms with Crippen LogP contribution in [0.15, 0.2) is 42.7 Å². The minimum atomic E-state index is -0.572. The lowest BCUT2D eigenvalue weighted by atomic mass is 10.3. The molecule has 1 heterocycles. The first kappa shape index (κ1) is 9.42. The summed E-state index contributed by atoms with van der Waals surface area (Å²) in [6.07, 6.45) is 2.93. The molecule has 0 unspecified atom stereocenters. The summed E-state index contributed by atoms with van der Waals surface area (Å²) in [4.78, 5) is 11.0. The van der Waals surface area contributed by atoms with Crippen molar-refractivity contribution in [3.63, 3.8) is 0 Å². The Morgan fingerprint density at radius 1 is 1.33 bits per heavy atom. The van der Waals surface area contributed by atoms with E-state index >= 15 is 0 Å². The van der Waals surface area contributed by atoms with Crippen molar-refractivity contribution in [2.24, 2.45) is 0 Å². The van der Waals surface area contributed by atoms with E-state index in [2.05, 4.69) is 5.10 Å². The van der Waals surface area contributed by atoms with E-state index < -0.39 is 5.91 Å². The molecule has 2 aromatic rings. The molecule has 0 bridgehead atoms. The third kappa shape index (κ3) is 1.87. The Morgan fingerprint density at radius 3 is 2.73 bits per heavy atom. The maximum absolute atomic E-state index is 11.0. The molecular formula is C10H9N3O2. The van der Waals surface area contributed by atoms with Crippen LogP contribution in [-0.4, -0.2) is 20.9 Å². The van der Waals surface area contributed by atoms with Gasteiger partial charge in [-0.3, -0.25) is 10.0 Å². The highest BCUT2D eigenvalue weighted by Gasteiger charge is 2.07. The zero-order valence-corrected chi connectivity index (χ0v) is 7.79. The third-order valence-corrected chi connectivity index (χ3v) is 1.97. The average Bonchev–Trinajstić information content (AvgIpc) is 2.78. The van der Waals surface area contributed by atoms with Crippen LogP contribution in [0.4, 0.5) is 0 Å². The van der Waals surface area contributed by atoms with Gasteiger partial charge in [0.2, 0.25) is 0 Å². The number of carbonyl (C=O) groups is 1. The number of carbonyl (C=O) groups excluding carboxylic acids is 1. The van der Waals surface area contributed by atoms with E-state index in [-0.39, 0.29) is 0 Å². The Labute approximate surface area is 85.9 Å². The molecule has 0 aliphatic heterocycles. The average molecular weight is 203 g/mol. The summed E-state index contributed by atoms with van der Waals surface area (Å²) in [5.41, 5.74) is 2.72. The van der Waals surface area contributed by atoms with Crippen LogP contribution < -0.4 is 5.48 Å². The van der Waals surface area contributed by atoms with Gasteiger partial charge in [0.15, 0.2) is 0 Å². The van der Waals surface area contributed by atoms with Gasteiger partial charge in [-0.25, -0.2) is 10.2 Å². The van der Waals surface area contributed by atoms with Gasteiger partial charge in [0.1, 0.15) is 0 Å². The molecule has 5 nitrogen and oxygen atoms in total. The SMILES string of the molecule is O=C(NO)c1cnn(-c2ccccc2)c1. The van der Waals surface area contributed by atoms with Crippen molar-refractivity contribution in [2.45, 2.75) is 0 Å². The van der Waals surface area contributed by atoms with Gasteiger partial charge in [0.05, 0.1) is 17.4 Å². The first-order valence-electron chi connectivity index (χ1n) is 4.36. The van der Waals surface area contributed by atoms with Crippen molar-refractivity contribution in [2.75, 3.05) is 0 Å². The van der Waals surface area contributed by atoms with Crippen molar-refractivity contribution in [3.05, 3.63) is 48.3 Å². The maximum atomic E-state index is 11.0. The zero-order chi connectivity index (χ0) is 10.7. The molecule has 0 spiro atoms. The molecule has 15 heavy (non-hydrogen) atoms. The van der Waals surface area contributed by atoms with E-state index in [4.69, 9.17) is 5.21 Å². The number of amides is 1. The van der Waals surface area contributed by atoms with Gasteiger partial charge in [-0.2, -0.15) is 5.10 Å². The largest absolute Gasteiger partial charge is 0.288 e. The van der Waals surface area contributed by atoms with Gasteiger partial charge >= 0.3 is 0 Å². The minimum Gasteiger partial charge on any atom is -0.288 e. The normalized spacial score (nSPS) is 9.93. The summed E-state index contributed by atoms with van der Waals surface area (Å²) >= 11 is 0. The van der Waals surface area contributed by atoms with Crippen molar-refractivity contribution in [3.8, 4) is 5.69 Å². The van der Waals surface area contributed by atoms with Crippen LogP contribution in [0.1, 0.15) is 10.4 Å². The fourth-order valence-electron chi connectivity index (χ4n) is 1.23. The number of hydrogen-bond donors (Lipinski definition) is 2. The van der Waals surface area contributed by atoms with Crippen LogP contribution >= 0.6 is 0 Å². The summed E-state index contributed by atoms with van der Waals surface area (Å²) in [5.74, 6) is -0.572. The van der Waals surface area contributed by atoms with Crippen molar-refractivity contribution in [1.29, 1.82) is 0 Å². The molecule has 0 fully saturated rings. The van der Waals surface area contributed by atoms with E-state index in [0.29, 0.717) is 5.56 Å². The van der Waals surface area contributed by atoms with Crippen molar-refractivity contribution < 1.29 is 10.0 Å². The first-order chi connectivity index (χ1) is 7.31. The highest BCUT2D eigenvalue weighted by Crippen LogP contribution is 2.07. The van der Waals surface area contributed by atoms with Crippen molar-refractivity contribution >= 4 is 5.91 Å². The molecule has 5 heteroatoms. The molecule has 0 aliphatic rings. The summed E-state index contributed by atoms with van der Waals surface area (Å²) in [7, 11) is 0. The molecule has 0 aliphatic carbocycles. The quantitative estimate of drug-likeness (QED) is 0.565. The molecule has 1 aromatic carbocycles. The number of nitrogens with one attached hydrogen (secondary N) is 1. The zero-order valence-electron chi connectivity index (χ0n) is 7.79. The highest BCUT2D eigenvalue weighted by atomic mass is 16.5. The lowest BCUT2D eigenvalue weighted by Crippen LogP contribution is -2.17. The topological polar surface area (TPSA) is 67.2 Å². The summed E-state index contributed by atoms with van der Waals surface area (Å²) in [5, 5.41) is 12.4. The number of nitrogens with zero attached hydrogens (tertiary/aromatic N) is 2. The molecule has 76 valence electrons. The Hall–Kier alpha value is -2.14. The predicted molar refractivity (Wildman–Crippen MR) is 52.8 cm³/mol. The summed E-state index contributed by atoms with van der Waals surface area (Å²) in [6, 6.07) is 9.39. The number of benzene rings is 1. The third-order valence-electron chi connectivity index (χ3n) is 1.97. The van der Waals surface area contributed by atoms with E-state index in [1.54, 1.807) is 16.4 Å². The van der Waals surface area contributed by atoms with Gasteiger partial charge in [0.25, 0.3) is 5.91 Å². The van der Waals surface area contributed by atoms with Gasteiger partial charge in [0, 0.05) is 6.20 Å². The van der Waals surface area contributed by atoms with Gasteiger partial charge in [-0.1, -0.05) is 18.2 Å². The minimum absolute atomic E-state index is 0.307. The highest BCUT2D eigenvalue weighted by molar-refractivity contribution is 5.92. The molecule has 0 saturated heterocycles. The smallest absolute Gasteiger partial charge is 0.277 e. The molecular weight excluding hydrogens is 194 g/mol. The Morgan fingerprint density at radius 2 is 2.07 bits per heavy atom. The fraction of sp³-hybridized carbons (Fsp3) is 0. The van der Waals surface area contributed by atoms with Crippen LogP contribution in [-0.2, 0) is 0 Å². The fourth-order valence-corrected chi connectivity index (χ4v) is 1.23. The Kier molecular flexibility index (Phi) is 2.47. The molecule has 0 saturated carbocycles. The number of rotatable bonds is 2. The second-order valence-electron chi connectivity index (χ2n) is 2.95. The summed E-state index contributed by atoms with van der Waals surface area (Å²) < 4.78 is 1.56. The molecule has 2 rings (SSSR count). The standard InChI is InChI=1S/C10H9N3O2/c14-10(12-15)8-6-11-13(7-8)9-4-2-1-3-5-9/h1-7,15H,(H,12,14). The van der Waals surface area contributed by atoms with Gasteiger partial charge < -0.3 is 0 Å². The molecule has 1 amide bonds. The van der Waals surface area contributed by atoms with E-state index in [1.807, 2.05) is 30.3 Å².